The molecule has 0 saturated carbocycles. The van der Waals surface area contributed by atoms with Gasteiger partial charge in [-0.1, -0.05) is 41.5 Å². The van der Waals surface area contributed by atoms with Crippen LogP contribution in [0.25, 0.3) is 0 Å². The SMILES string of the molecule is CCC(=O)[O-].CCC(=O)[O-].CCC(=O)[O-].CCC(=O)[O-].CCC(=O)[O-].CCC(=O)[O-].[Ru+3].[Ru+3]. The molecule has 0 aromatic carbocycles. The molecule has 12 nitrogen and oxygen atoms in total. The molecule has 0 aliphatic heterocycles. The first-order valence-corrected chi connectivity index (χ1v) is 8.81. The van der Waals surface area contributed by atoms with Gasteiger partial charge in [-0.25, -0.2) is 0 Å². The van der Waals surface area contributed by atoms with Gasteiger partial charge >= 0.3 is 39.0 Å². The van der Waals surface area contributed by atoms with E-state index < -0.39 is 35.8 Å². The average Bonchev–Trinajstić information content (AvgIpc) is 2.69. The number of carbonyl (C=O) groups is 6. The largest absolute Gasteiger partial charge is 3.00 e. The van der Waals surface area contributed by atoms with Crippen LogP contribution in [0.4, 0.5) is 0 Å². The minimum absolute atomic E-state index is 0. The van der Waals surface area contributed by atoms with Crippen molar-refractivity contribution in [3.63, 3.8) is 0 Å². The van der Waals surface area contributed by atoms with Gasteiger partial charge in [-0.2, -0.15) is 0 Å². The van der Waals surface area contributed by atoms with Crippen molar-refractivity contribution in [2.45, 2.75) is 80.1 Å². The summed E-state index contributed by atoms with van der Waals surface area (Å²) >= 11 is 0. The first-order valence-electron chi connectivity index (χ1n) is 8.81. The molecule has 0 N–H and O–H groups in total. The molecule has 0 aromatic rings. The second-order valence-corrected chi connectivity index (χ2v) is 4.35. The summed E-state index contributed by atoms with van der Waals surface area (Å²) in [6, 6.07) is 0. The van der Waals surface area contributed by atoms with Crippen molar-refractivity contribution in [2.24, 2.45) is 0 Å². The van der Waals surface area contributed by atoms with Crippen LogP contribution in [-0.2, 0) is 67.7 Å². The van der Waals surface area contributed by atoms with Gasteiger partial charge in [0.25, 0.3) is 0 Å². The van der Waals surface area contributed by atoms with Crippen molar-refractivity contribution in [3.05, 3.63) is 0 Å². The van der Waals surface area contributed by atoms with Crippen LogP contribution in [0.2, 0.25) is 0 Å². The van der Waals surface area contributed by atoms with E-state index in [0.717, 1.165) is 0 Å². The van der Waals surface area contributed by atoms with Gasteiger partial charge in [-0.3, -0.25) is 0 Å². The molecule has 0 amide bonds. The van der Waals surface area contributed by atoms with Gasteiger partial charge in [0.1, 0.15) is 0 Å². The molecule has 2 radical (unpaired) electrons. The molecule has 0 atom stereocenters. The number of rotatable bonds is 6. The summed E-state index contributed by atoms with van der Waals surface area (Å²) in [5.41, 5.74) is 0. The molecule has 0 unspecified atom stereocenters. The Morgan fingerprint density at radius 2 is 0.375 bits per heavy atom. The fourth-order valence-corrected chi connectivity index (χ4v) is 0. The molecule has 0 heterocycles. The molecule has 0 aromatic heterocycles. The zero-order valence-electron chi connectivity index (χ0n) is 18.8. The summed E-state index contributed by atoms with van der Waals surface area (Å²) < 4.78 is 0. The van der Waals surface area contributed by atoms with E-state index in [1.54, 1.807) is 0 Å². The van der Waals surface area contributed by atoms with Gasteiger partial charge < -0.3 is 59.4 Å². The first-order chi connectivity index (χ1) is 13.6. The first kappa shape index (κ1) is 52.2. The van der Waals surface area contributed by atoms with Crippen molar-refractivity contribution < 1.29 is 98.4 Å². The molecule has 0 aliphatic carbocycles. The number of hydrogen-bond donors (Lipinski definition) is 0. The molecule has 0 bridgehead atoms. The number of carboxylic acids is 6. The molecule has 0 fully saturated rings. The summed E-state index contributed by atoms with van der Waals surface area (Å²) in [5.74, 6) is -5.97. The third kappa shape index (κ3) is 203. The Kier molecular flexibility index (Phi) is 76.7. The Labute approximate surface area is 213 Å². The van der Waals surface area contributed by atoms with E-state index in [2.05, 4.69) is 0 Å². The second-order valence-electron chi connectivity index (χ2n) is 4.35. The number of carbonyl (C=O) groups excluding carboxylic acids is 6. The number of hydrogen-bond acceptors (Lipinski definition) is 12. The summed E-state index contributed by atoms with van der Waals surface area (Å²) in [6.45, 7) is 9.22. The van der Waals surface area contributed by atoms with Crippen LogP contribution in [0.3, 0.4) is 0 Å². The Morgan fingerprint density at radius 3 is 0.375 bits per heavy atom. The van der Waals surface area contributed by atoms with E-state index in [0.29, 0.717) is 0 Å². The molecular formula is C18H30O12Ru2. The predicted octanol–water partition coefficient (Wildman–Crippen LogP) is -5.13. The van der Waals surface area contributed by atoms with E-state index in [1.807, 2.05) is 0 Å². The Balaban J connectivity index is -0.0000000356. The summed E-state index contributed by atoms with van der Waals surface area (Å²) in [4.78, 5) is 55.5. The maximum Gasteiger partial charge on any atom is 3.00 e. The van der Waals surface area contributed by atoms with Crippen molar-refractivity contribution in [1.82, 2.24) is 0 Å². The topological polar surface area (TPSA) is 241 Å². The van der Waals surface area contributed by atoms with Gasteiger partial charge in [-0.05, 0) is 38.5 Å². The third-order valence-corrected chi connectivity index (χ3v) is 1.73. The quantitative estimate of drug-likeness (QED) is 0.248. The molecule has 0 saturated heterocycles. The number of carboxylic acid groups (broad SMARTS) is 6. The van der Waals surface area contributed by atoms with E-state index in [9.17, 15) is 59.4 Å². The van der Waals surface area contributed by atoms with Crippen LogP contribution in [0.5, 0.6) is 0 Å². The fraction of sp³-hybridized carbons (Fsp3) is 0.667. The Morgan fingerprint density at radius 1 is 0.344 bits per heavy atom. The van der Waals surface area contributed by atoms with Crippen molar-refractivity contribution in [3.8, 4) is 0 Å². The van der Waals surface area contributed by atoms with Gasteiger partial charge in [0.15, 0.2) is 0 Å². The van der Waals surface area contributed by atoms with E-state index in [4.69, 9.17) is 0 Å². The predicted molar refractivity (Wildman–Crippen MR) is 91.8 cm³/mol. The van der Waals surface area contributed by atoms with Crippen LogP contribution in [0.15, 0.2) is 0 Å². The van der Waals surface area contributed by atoms with Crippen molar-refractivity contribution in [1.29, 1.82) is 0 Å². The van der Waals surface area contributed by atoms with Crippen LogP contribution in [0.1, 0.15) is 80.1 Å². The molecule has 190 valence electrons. The normalized spacial score (nSPS) is 6.94. The van der Waals surface area contributed by atoms with Crippen LogP contribution in [-0.4, -0.2) is 35.8 Å². The molecule has 32 heavy (non-hydrogen) atoms. The van der Waals surface area contributed by atoms with E-state index in [1.165, 1.54) is 41.5 Å². The monoisotopic (exact) mass is 642 g/mol. The minimum atomic E-state index is -0.995. The van der Waals surface area contributed by atoms with Crippen LogP contribution in [0, 0.1) is 0 Å². The van der Waals surface area contributed by atoms with Crippen LogP contribution < -0.4 is 30.6 Å². The zero-order valence-corrected chi connectivity index (χ0v) is 22.3. The standard InChI is InChI=1S/6C3H6O2.2Ru/c6*1-2-3(4)5;;/h6*2H2,1H3,(H,4,5);;/q;;;;;;2*+3/p-6. The molecule has 14 heteroatoms. The summed E-state index contributed by atoms with van der Waals surface area (Å²) in [7, 11) is 0. The molecule has 0 aliphatic rings. The fourth-order valence-electron chi connectivity index (χ4n) is 0. The van der Waals surface area contributed by atoms with Crippen LogP contribution >= 0.6 is 0 Å². The van der Waals surface area contributed by atoms with Gasteiger partial charge in [0.2, 0.25) is 0 Å². The maximum atomic E-state index is 9.26. The van der Waals surface area contributed by atoms with Gasteiger partial charge in [0.05, 0.1) is 0 Å². The Hall–Kier alpha value is -1.93. The number of aliphatic carboxylic acids is 6. The zero-order chi connectivity index (χ0) is 25.7. The smallest absolute Gasteiger partial charge is 0.550 e. The second kappa shape index (κ2) is 47.0. The van der Waals surface area contributed by atoms with E-state index >= 15 is 0 Å². The van der Waals surface area contributed by atoms with Crippen molar-refractivity contribution >= 4 is 35.8 Å². The van der Waals surface area contributed by atoms with Crippen molar-refractivity contribution in [2.75, 3.05) is 0 Å². The molecular weight excluding hydrogens is 610 g/mol. The van der Waals surface area contributed by atoms with E-state index in [-0.39, 0.29) is 77.5 Å². The summed E-state index contributed by atoms with van der Waals surface area (Å²) in [6.07, 6.45) is 0.667. The van der Waals surface area contributed by atoms with Gasteiger partial charge in [-0.15, -0.1) is 0 Å². The van der Waals surface area contributed by atoms with Gasteiger partial charge in [0, 0.05) is 35.8 Å². The molecule has 0 rings (SSSR count). The summed E-state index contributed by atoms with van der Waals surface area (Å²) in [5, 5.41) is 55.5. The third-order valence-electron chi connectivity index (χ3n) is 1.73. The Bertz CT molecular complexity index is 360. The molecule has 0 spiro atoms. The maximum absolute atomic E-state index is 9.26. The average molecular weight is 641 g/mol. The minimum Gasteiger partial charge on any atom is -0.550 e.